The van der Waals surface area contributed by atoms with Gasteiger partial charge in [-0.1, -0.05) is 34.1 Å². The van der Waals surface area contributed by atoms with Gasteiger partial charge in [0, 0.05) is 13.9 Å². The largest absolute Gasteiger partial charge is 0.493 e. The van der Waals surface area contributed by atoms with Crippen LogP contribution in [0.3, 0.4) is 0 Å². The molecule has 2 unspecified atom stereocenters. The highest BCUT2D eigenvalue weighted by molar-refractivity contribution is 9.10. The van der Waals surface area contributed by atoms with Gasteiger partial charge in [-0.2, -0.15) is 13.2 Å². The minimum absolute atomic E-state index is 0.0828. The van der Waals surface area contributed by atoms with Crippen LogP contribution in [0.4, 0.5) is 13.2 Å². The van der Waals surface area contributed by atoms with E-state index in [0.29, 0.717) is 18.4 Å². The minimum Gasteiger partial charge on any atom is -0.493 e. The maximum absolute atomic E-state index is 13.5. The average molecular weight is 508 g/mol. The molecule has 0 radical (unpaired) electrons. The predicted molar refractivity (Wildman–Crippen MR) is 117 cm³/mol. The second kappa shape index (κ2) is 11.4. The van der Waals surface area contributed by atoms with Crippen molar-refractivity contribution in [3.05, 3.63) is 63.6 Å². The predicted octanol–water partition coefficient (Wildman–Crippen LogP) is 4.91. The smallest absolute Gasteiger partial charge is 0.419 e. The van der Waals surface area contributed by atoms with E-state index in [9.17, 15) is 18.3 Å². The summed E-state index contributed by atoms with van der Waals surface area (Å²) in [6.07, 6.45) is -2.68. The summed E-state index contributed by atoms with van der Waals surface area (Å²) in [5, 5.41) is 9.42. The molecule has 0 aliphatic carbocycles. The highest BCUT2D eigenvalue weighted by Gasteiger charge is 2.35. The number of hydrogen-bond acceptors (Lipinski definition) is 4. The Kier molecular flexibility index (Phi) is 9.57. The lowest BCUT2D eigenvalue weighted by Gasteiger charge is -2.26. The molecule has 166 valence electrons. The molecular formula is C21H26BrF3NO3P. The van der Waals surface area contributed by atoms with E-state index in [-0.39, 0.29) is 38.4 Å². The summed E-state index contributed by atoms with van der Waals surface area (Å²) < 4.78 is 51.9. The number of hydrogen-bond donors (Lipinski definition) is 2. The molecule has 0 bridgehead atoms. The van der Waals surface area contributed by atoms with E-state index in [2.05, 4.69) is 25.4 Å². The van der Waals surface area contributed by atoms with Gasteiger partial charge < -0.3 is 20.1 Å². The Labute approximate surface area is 185 Å². The summed E-state index contributed by atoms with van der Waals surface area (Å²) in [7, 11) is 2.05. The van der Waals surface area contributed by atoms with Crippen LogP contribution in [-0.2, 0) is 23.5 Å². The van der Waals surface area contributed by atoms with E-state index in [4.69, 9.17) is 15.0 Å². The van der Waals surface area contributed by atoms with Gasteiger partial charge in [0.1, 0.15) is 5.75 Å². The first kappa shape index (κ1) is 25.1. The molecular weight excluding hydrogens is 482 g/mol. The van der Waals surface area contributed by atoms with Crippen LogP contribution in [0.5, 0.6) is 5.75 Å². The Hall–Kier alpha value is -1.18. The number of nitrogens with two attached hydrogens (primary N) is 1. The average Bonchev–Trinajstić information content (AvgIpc) is 2.70. The maximum atomic E-state index is 13.5. The van der Waals surface area contributed by atoms with Crippen LogP contribution >= 0.6 is 25.4 Å². The zero-order chi connectivity index (χ0) is 22.2. The van der Waals surface area contributed by atoms with E-state index >= 15 is 0 Å². The number of aliphatic hydroxyl groups excluding tert-OH is 1. The number of ether oxygens (including phenoxy) is 1. The van der Waals surface area contributed by atoms with Crippen molar-refractivity contribution in [1.82, 2.24) is 0 Å². The highest BCUT2D eigenvalue weighted by Crippen LogP contribution is 2.37. The van der Waals surface area contributed by atoms with Crippen molar-refractivity contribution in [2.24, 2.45) is 5.73 Å². The first-order chi connectivity index (χ1) is 14.2. The van der Waals surface area contributed by atoms with E-state index in [1.165, 1.54) is 6.07 Å². The summed E-state index contributed by atoms with van der Waals surface area (Å²) in [4.78, 5) is 0. The quantitative estimate of drug-likeness (QED) is 0.335. The molecule has 0 saturated carbocycles. The van der Waals surface area contributed by atoms with Gasteiger partial charge in [-0.05, 0) is 61.1 Å². The van der Waals surface area contributed by atoms with Crippen LogP contribution in [0.15, 0.2) is 46.9 Å². The second-order valence-corrected chi connectivity index (χ2v) is 8.49. The third-order valence-corrected chi connectivity index (χ3v) is 5.36. The topological polar surface area (TPSA) is 64.7 Å². The maximum Gasteiger partial charge on any atom is 0.419 e. The summed E-state index contributed by atoms with van der Waals surface area (Å²) in [6.45, 7) is -0.0664. The molecule has 0 saturated heterocycles. The SMILES string of the molecule is NC(CO)(CCc1ccc(OCCCc2cccc(Br)c2)c(C(F)(F)F)c1)COP. The lowest BCUT2D eigenvalue weighted by Crippen LogP contribution is -2.47. The first-order valence-corrected chi connectivity index (χ1v) is 10.7. The lowest BCUT2D eigenvalue weighted by molar-refractivity contribution is -0.139. The Bertz CT molecular complexity index is 822. The molecule has 4 nitrogen and oxygen atoms in total. The second-order valence-electron chi connectivity index (χ2n) is 7.24. The zero-order valence-electron chi connectivity index (χ0n) is 16.4. The molecule has 0 aliphatic rings. The Morgan fingerprint density at radius 3 is 2.43 bits per heavy atom. The molecule has 0 aromatic heterocycles. The summed E-state index contributed by atoms with van der Waals surface area (Å²) in [5.74, 6) is -0.185. The number of halogens is 4. The Balaban J connectivity index is 2.01. The number of alkyl halides is 3. The van der Waals surface area contributed by atoms with Gasteiger partial charge in [0.05, 0.1) is 30.9 Å². The van der Waals surface area contributed by atoms with Crippen molar-refractivity contribution in [1.29, 1.82) is 0 Å². The fourth-order valence-electron chi connectivity index (χ4n) is 2.99. The zero-order valence-corrected chi connectivity index (χ0v) is 19.2. The van der Waals surface area contributed by atoms with E-state index in [1.807, 2.05) is 24.3 Å². The summed E-state index contributed by atoms with van der Waals surface area (Å²) >= 11 is 3.40. The molecule has 0 fully saturated rings. The molecule has 0 heterocycles. The summed E-state index contributed by atoms with van der Waals surface area (Å²) in [5.41, 5.74) is 5.74. The number of benzene rings is 2. The van der Waals surface area contributed by atoms with Crippen molar-refractivity contribution < 1.29 is 27.5 Å². The van der Waals surface area contributed by atoms with Gasteiger partial charge in [-0.15, -0.1) is 0 Å². The molecule has 30 heavy (non-hydrogen) atoms. The number of aryl methyl sites for hydroxylation is 2. The van der Waals surface area contributed by atoms with Gasteiger partial charge in [-0.3, -0.25) is 0 Å². The minimum atomic E-state index is -4.53. The molecule has 2 rings (SSSR count). The van der Waals surface area contributed by atoms with Crippen LogP contribution in [0.2, 0.25) is 0 Å². The standard InChI is InChI=1S/C21H26BrF3NO3P/c22-17-5-1-3-15(11-17)4-2-10-28-19-7-6-16(12-18(19)21(23,24)25)8-9-20(26,13-27)14-29-30/h1,3,5-7,11-12,27H,2,4,8-10,13-14,26,30H2. The van der Waals surface area contributed by atoms with E-state index in [1.54, 1.807) is 6.07 Å². The fraction of sp³-hybridized carbons (Fsp3) is 0.429. The number of aliphatic hydroxyl groups is 1. The van der Waals surface area contributed by atoms with Crippen molar-refractivity contribution in [3.8, 4) is 5.75 Å². The Morgan fingerprint density at radius 2 is 1.80 bits per heavy atom. The van der Waals surface area contributed by atoms with Gasteiger partial charge in [0.15, 0.2) is 0 Å². The van der Waals surface area contributed by atoms with E-state index in [0.717, 1.165) is 16.1 Å². The van der Waals surface area contributed by atoms with Crippen molar-refractivity contribution >= 4 is 25.4 Å². The van der Waals surface area contributed by atoms with E-state index < -0.39 is 17.3 Å². The highest BCUT2D eigenvalue weighted by atomic mass is 79.9. The molecule has 0 spiro atoms. The first-order valence-electron chi connectivity index (χ1n) is 9.46. The van der Waals surface area contributed by atoms with Crippen LogP contribution in [-0.4, -0.2) is 30.5 Å². The van der Waals surface area contributed by atoms with Crippen molar-refractivity contribution in [3.63, 3.8) is 0 Å². The molecule has 2 aromatic rings. The summed E-state index contributed by atoms with van der Waals surface area (Å²) in [6, 6.07) is 11.8. The van der Waals surface area contributed by atoms with Gasteiger partial charge >= 0.3 is 6.18 Å². The normalized spacial score (nSPS) is 13.8. The molecule has 2 atom stereocenters. The van der Waals surface area contributed by atoms with Gasteiger partial charge in [-0.25, -0.2) is 0 Å². The molecule has 0 aliphatic heterocycles. The van der Waals surface area contributed by atoms with Crippen LogP contribution in [0.1, 0.15) is 29.5 Å². The van der Waals surface area contributed by atoms with Gasteiger partial charge in [0.25, 0.3) is 0 Å². The molecule has 0 amide bonds. The van der Waals surface area contributed by atoms with Crippen LogP contribution in [0.25, 0.3) is 0 Å². The molecule has 3 N–H and O–H groups in total. The number of rotatable bonds is 11. The third-order valence-electron chi connectivity index (χ3n) is 4.70. The fourth-order valence-corrected chi connectivity index (χ4v) is 3.77. The molecule has 9 heteroatoms. The lowest BCUT2D eigenvalue weighted by atomic mass is 9.93. The van der Waals surface area contributed by atoms with Crippen LogP contribution < -0.4 is 10.5 Å². The van der Waals surface area contributed by atoms with Crippen LogP contribution in [0, 0.1) is 0 Å². The van der Waals surface area contributed by atoms with Crippen molar-refractivity contribution in [2.45, 2.75) is 37.4 Å². The van der Waals surface area contributed by atoms with Crippen molar-refractivity contribution in [2.75, 3.05) is 19.8 Å². The monoisotopic (exact) mass is 507 g/mol. The third kappa shape index (κ3) is 7.82. The van der Waals surface area contributed by atoms with Gasteiger partial charge in [0.2, 0.25) is 0 Å². The Morgan fingerprint density at radius 1 is 1.07 bits per heavy atom. The molecule has 2 aromatic carbocycles.